The van der Waals surface area contributed by atoms with Crippen LogP contribution in [0.5, 0.6) is 0 Å². The molecule has 0 atom stereocenters. The van der Waals surface area contributed by atoms with Crippen LogP contribution in [0.3, 0.4) is 0 Å². The number of hydrogen-bond donors (Lipinski definition) is 0. The Bertz CT molecular complexity index is 984. The highest BCUT2D eigenvalue weighted by atomic mass is 127. The number of benzene rings is 4. The van der Waals surface area contributed by atoms with Crippen molar-refractivity contribution >= 4 is 27.3 Å². The van der Waals surface area contributed by atoms with Crippen molar-refractivity contribution in [2.24, 2.45) is 0 Å². The van der Waals surface area contributed by atoms with E-state index in [1.807, 2.05) is 0 Å². The van der Waals surface area contributed by atoms with Crippen LogP contribution < -0.4 is 24.0 Å². The summed E-state index contributed by atoms with van der Waals surface area (Å²) in [6.45, 7) is 0. The molecule has 124 valence electrons. The van der Waals surface area contributed by atoms with Crippen LogP contribution in [0.25, 0.3) is 21.5 Å². The van der Waals surface area contributed by atoms with Gasteiger partial charge in [-0.1, -0.05) is 72.8 Å². The van der Waals surface area contributed by atoms with E-state index in [0.717, 1.165) is 0 Å². The molecule has 0 unspecified atom stereocenters. The minimum absolute atomic E-state index is 0. The molecule has 0 aromatic heterocycles. The van der Waals surface area contributed by atoms with E-state index >= 15 is 0 Å². The van der Waals surface area contributed by atoms with Crippen molar-refractivity contribution < 1.29 is 28.6 Å². The van der Waals surface area contributed by atoms with Gasteiger partial charge in [0.05, 0.1) is 11.1 Å². The second-order valence-electron chi connectivity index (χ2n) is 6.30. The van der Waals surface area contributed by atoms with Crippen LogP contribution in [0.1, 0.15) is 11.1 Å². The fourth-order valence-electron chi connectivity index (χ4n) is 3.49. The maximum Gasteiger partial charge on any atom is 0.215 e. The summed E-state index contributed by atoms with van der Waals surface area (Å²) in [6.07, 6.45) is 0. The minimum atomic E-state index is 0. The lowest BCUT2D eigenvalue weighted by molar-refractivity contribution is -0.463. The van der Waals surface area contributed by atoms with Crippen LogP contribution in [-0.2, 0) is 0 Å². The third kappa shape index (κ3) is 3.19. The molecule has 0 heterocycles. The van der Waals surface area contributed by atoms with Gasteiger partial charge >= 0.3 is 0 Å². The first kappa shape index (κ1) is 17.6. The summed E-state index contributed by atoms with van der Waals surface area (Å²) in [5.74, 6) is 0. The van der Waals surface area contributed by atoms with Crippen LogP contribution in [-0.4, -0.2) is 24.4 Å². The summed E-state index contributed by atoms with van der Waals surface area (Å²) < 4.78 is 2.23. The second-order valence-corrected chi connectivity index (χ2v) is 6.30. The van der Waals surface area contributed by atoms with Crippen LogP contribution in [0.2, 0.25) is 0 Å². The Balaban J connectivity index is 0.00000182. The Morgan fingerprint density at radius 2 is 0.960 bits per heavy atom. The number of hydrogen-bond acceptors (Lipinski definition) is 0. The molecule has 0 saturated heterocycles. The molecule has 0 bridgehead atoms. The smallest absolute Gasteiger partial charge is 0.215 e. The quantitative estimate of drug-likeness (QED) is 0.257. The minimum Gasteiger partial charge on any atom is -1.00 e. The zero-order valence-corrected chi connectivity index (χ0v) is 16.6. The van der Waals surface area contributed by atoms with Gasteiger partial charge in [0.15, 0.2) is 0 Å². The topological polar surface area (TPSA) is 3.01 Å². The summed E-state index contributed by atoms with van der Waals surface area (Å²) in [4.78, 5) is 0. The Morgan fingerprint density at radius 1 is 0.560 bits per heavy atom. The van der Waals surface area contributed by atoms with Gasteiger partial charge in [0, 0.05) is 0 Å². The van der Waals surface area contributed by atoms with Gasteiger partial charge in [0.1, 0.15) is 14.1 Å². The van der Waals surface area contributed by atoms with Gasteiger partial charge in [-0.3, -0.25) is 0 Å². The van der Waals surface area contributed by atoms with Crippen LogP contribution in [0.15, 0.2) is 84.9 Å². The van der Waals surface area contributed by atoms with E-state index in [2.05, 4.69) is 104 Å². The predicted octanol–water partition coefficient (Wildman–Crippen LogP) is 2.11. The fraction of sp³-hybridized carbons (Fsp3) is 0.0870. The Kier molecular flexibility index (Phi) is 5.19. The SMILES string of the molecule is C[N+](C)=C(c1cccc2ccccc12)c1cccc2ccccc12.[I-]. The largest absolute Gasteiger partial charge is 1.00 e. The van der Waals surface area contributed by atoms with Gasteiger partial charge in [0.2, 0.25) is 5.71 Å². The van der Waals surface area contributed by atoms with Gasteiger partial charge < -0.3 is 24.0 Å². The van der Waals surface area contributed by atoms with E-state index in [1.165, 1.54) is 38.4 Å². The number of nitrogens with zero attached hydrogens (tertiary/aromatic N) is 1. The monoisotopic (exact) mass is 437 g/mol. The molecule has 4 aromatic carbocycles. The second kappa shape index (κ2) is 7.36. The van der Waals surface area contributed by atoms with Crippen molar-refractivity contribution in [1.29, 1.82) is 0 Å². The highest BCUT2D eigenvalue weighted by Crippen LogP contribution is 2.26. The van der Waals surface area contributed by atoms with E-state index in [1.54, 1.807) is 0 Å². The van der Waals surface area contributed by atoms with Crippen molar-refractivity contribution in [3.8, 4) is 0 Å². The van der Waals surface area contributed by atoms with Crippen LogP contribution >= 0.6 is 0 Å². The summed E-state index contributed by atoms with van der Waals surface area (Å²) in [5, 5.41) is 5.12. The molecule has 4 aromatic rings. The third-order valence-corrected chi connectivity index (χ3v) is 4.54. The summed E-state index contributed by atoms with van der Waals surface area (Å²) in [7, 11) is 4.25. The molecule has 0 aliphatic heterocycles. The van der Waals surface area contributed by atoms with E-state index in [9.17, 15) is 0 Å². The van der Waals surface area contributed by atoms with E-state index in [-0.39, 0.29) is 24.0 Å². The molecular weight excluding hydrogens is 417 g/mol. The van der Waals surface area contributed by atoms with E-state index in [0.29, 0.717) is 0 Å². The van der Waals surface area contributed by atoms with Gasteiger partial charge in [-0.2, -0.15) is 0 Å². The number of fused-ring (bicyclic) bond motifs is 2. The van der Waals surface area contributed by atoms with E-state index < -0.39 is 0 Å². The summed E-state index contributed by atoms with van der Waals surface area (Å²) >= 11 is 0. The van der Waals surface area contributed by atoms with Gasteiger partial charge in [0.25, 0.3) is 0 Å². The summed E-state index contributed by atoms with van der Waals surface area (Å²) in [6, 6.07) is 30.3. The van der Waals surface area contributed by atoms with Crippen molar-refractivity contribution in [2.75, 3.05) is 14.1 Å². The van der Waals surface area contributed by atoms with Gasteiger partial charge in [-0.15, -0.1) is 0 Å². The lowest BCUT2D eigenvalue weighted by atomic mass is 9.93. The number of halogens is 1. The highest BCUT2D eigenvalue weighted by Gasteiger charge is 2.19. The molecule has 0 N–H and O–H groups in total. The van der Waals surface area contributed by atoms with Crippen molar-refractivity contribution in [1.82, 2.24) is 0 Å². The van der Waals surface area contributed by atoms with Gasteiger partial charge in [-0.05, 0) is 33.7 Å². The Hall–Kier alpha value is -2.20. The Morgan fingerprint density at radius 3 is 1.40 bits per heavy atom. The first-order valence-electron chi connectivity index (χ1n) is 8.26. The van der Waals surface area contributed by atoms with Crippen molar-refractivity contribution in [3.05, 3.63) is 96.1 Å². The average Bonchev–Trinajstić information content (AvgIpc) is 2.62. The molecule has 2 heteroatoms. The molecule has 0 aliphatic rings. The zero-order valence-electron chi connectivity index (χ0n) is 14.4. The third-order valence-electron chi connectivity index (χ3n) is 4.54. The predicted molar refractivity (Wildman–Crippen MR) is 103 cm³/mol. The molecule has 0 fully saturated rings. The van der Waals surface area contributed by atoms with E-state index in [4.69, 9.17) is 0 Å². The molecule has 0 spiro atoms. The fourth-order valence-corrected chi connectivity index (χ4v) is 3.49. The lowest BCUT2D eigenvalue weighted by Crippen LogP contribution is -3.00. The van der Waals surface area contributed by atoms with Crippen molar-refractivity contribution in [2.45, 2.75) is 0 Å². The average molecular weight is 437 g/mol. The molecular formula is C23H20IN. The molecule has 0 radical (unpaired) electrons. The lowest BCUT2D eigenvalue weighted by Gasteiger charge is -2.11. The molecule has 0 amide bonds. The molecule has 1 nitrogen and oxygen atoms in total. The zero-order chi connectivity index (χ0) is 16.5. The first-order valence-corrected chi connectivity index (χ1v) is 8.26. The van der Waals surface area contributed by atoms with Crippen LogP contribution in [0, 0.1) is 0 Å². The maximum atomic E-state index is 2.23. The molecule has 4 rings (SSSR count). The molecule has 25 heavy (non-hydrogen) atoms. The summed E-state index contributed by atoms with van der Waals surface area (Å²) in [5.41, 5.74) is 3.80. The standard InChI is InChI=1S/C23H20N.HI/c1-24(2)23(21-15-7-11-17-9-3-5-13-19(17)21)22-16-8-12-18-10-4-6-14-20(18)22;/h3-16H,1-2H3;1H/q+1;/p-1. The Labute approximate surface area is 165 Å². The normalized spacial score (nSPS) is 10.5. The van der Waals surface area contributed by atoms with Crippen molar-refractivity contribution in [3.63, 3.8) is 0 Å². The van der Waals surface area contributed by atoms with Crippen LogP contribution in [0.4, 0.5) is 0 Å². The molecule has 0 saturated carbocycles. The highest BCUT2D eigenvalue weighted by molar-refractivity contribution is 6.21. The molecule has 0 aliphatic carbocycles. The van der Waals surface area contributed by atoms with Gasteiger partial charge in [-0.25, -0.2) is 4.58 Å². The maximum absolute atomic E-state index is 2.23. The number of rotatable bonds is 2. The first-order chi connectivity index (χ1) is 11.8.